The molecule has 6 nitrogen and oxygen atoms in total. The van der Waals surface area contributed by atoms with Crippen LogP contribution in [0.25, 0.3) is 0 Å². The average Bonchev–Trinajstić information content (AvgIpc) is 3.05. The van der Waals surface area contributed by atoms with E-state index in [1.807, 2.05) is 6.92 Å². The van der Waals surface area contributed by atoms with Crippen LogP contribution in [0.3, 0.4) is 0 Å². The molecule has 0 aliphatic carbocycles. The van der Waals surface area contributed by atoms with Crippen LogP contribution in [-0.2, 0) is 14.8 Å². The van der Waals surface area contributed by atoms with Gasteiger partial charge < -0.3 is 10.1 Å². The van der Waals surface area contributed by atoms with Gasteiger partial charge in [0.25, 0.3) is 0 Å². The molecule has 1 unspecified atom stereocenters. The van der Waals surface area contributed by atoms with Crippen molar-refractivity contribution in [3.05, 3.63) is 29.3 Å². The molecule has 1 aliphatic rings. The maximum atomic E-state index is 13.1. The predicted octanol–water partition coefficient (Wildman–Crippen LogP) is 1.97. The Labute approximate surface area is 150 Å². The van der Waals surface area contributed by atoms with E-state index in [-0.39, 0.29) is 28.9 Å². The highest BCUT2D eigenvalue weighted by molar-refractivity contribution is 7.89. The fraction of sp³-hybridized carbons (Fsp3) is 0.562. The summed E-state index contributed by atoms with van der Waals surface area (Å²) in [5.41, 5.74) is 0.723. The van der Waals surface area contributed by atoms with E-state index in [0.29, 0.717) is 18.7 Å². The topological polar surface area (TPSA) is 75.7 Å². The first-order valence-corrected chi connectivity index (χ1v) is 9.28. The van der Waals surface area contributed by atoms with Crippen molar-refractivity contribution in [2.75, 3.05) is 26.7 Å². The zero-order chi connectivity index (χ0) is 17.0. The molecule has 0 radical (unpaired) electrons. The van der Waals surface area contributed by atoms with Crippen LogP contribution in [0.4, 0.5) is 0 Å². The van der Waals surface area contributed by atoms with Gasteiger partial charge in [-0.15, -0.1) is 12.4 Å². The smallest absolute Gasteiger partial charge is 0.338 e. The van der Waals surface area contributed by atoms with Crippen molar-refractivity contribution in [3.63, 3.8) is 0 Å². The molecule has 0 amide bonds. The van der Waals surface area contributed by atoms with E-state index >= 15 is 0 Å². The zero-order valence-corrected chi connectivity index (χ0v) is 15.9. The van der Waals surface area contributed by atoms with E-state index in [4.69, 9.17) is 4.74 Å². The van der Waals surface area contributed by atoms with Gasteiger partial charge in [0.15, 0.2) is 0 Å². The number of nitrogens with zero attached hydrogens (tertiary/aromatic N) is 1. The summed E-state index contributed by atoms with van der Waals surface area (Å²) >= 11 is 0. The van der Waals surface area contributed by atoms with Crippen LogP contribution in [0.1, 0.15) is 35.7 Å². The van der Waals surface area contributed by atoms with E-state index < -0.39 is 16.0 Å². The Kier molecular flexibility index (Phi) is 7.66. The quantitative estimate of drug-likeness (QED) is 0.768. The van der Waals surface area contributed by atoms with E-state index in [0.717, 1.165) is 19.4 Å². The molecule has 1 aliphatic heterocycles. The number of sulfonamides is 1. The number of carbonyl (C=O) groups is 1. The molecule has 1 fully saturated rings. The van der Waals surface area contributed by atoms with E-state index in [1.54, 1.807) is 29.4 Å². The van der Waals surface area contributed by atoms with Crippen molar-refractivity contribution >= 4 is 28.4 Å². The Morgan fingerprint density at radius 1 is 1.42 bits per heavy atom. The Morgan fingerprint density at radius 3 is 2.67 bits per heavy atom. The van der Waals surface area contributed by atoms with Gasteiger partial charge in [0, 0.05) is 19.1 Å². The van der Waals surface area contributed by atoms with Crippen LogP contribution in [-0.4, -0.2) is 51.5 Å². The Bertz CT molecular complexity index is 673. The molecule has 24 heavy (non-hydrogen) atoms. The number of methoxy groups -OCH3 is 1. The fourth-order valence-corrected chi connectivity index (χ4v) is 4.95. The van der Waals surface area contributed by atoms with Crippen molar-refractivity contribution in [1.29, 1.82) is 0 Å². The monoisotopic (exact) mass is 376 g/mol. The van der Waals surface area contributed by atoms with E-state index in [1.165, 1.54) is 7.11 Å². The van der Waals surface area contributed by atoms with Gasteiger partial charge in [-0.2, -0.15) is 4.31 Å². The minimum atomic E-state index is -3.66. The first kappa shape index (κ1) is 20.9. The molecule has 1 aromatic carbocycles. The fourth-order valence-electron chi connectivity index (χ4n) is 2.96. The summed E-state index contributed by atoms with van der Waals surface area (Å²) in [7, 11) is -2.37. The number of nitrogens with one attached hydrogen (secondary N) is 1. The third-order valence-corrected chi connectivity index (χ3v) is 6.26. The van der Waals surface area contributed by atoms with Crippen molar-refractivity contribution in [2.24, 2.45) is 0 Å². The second kappa shape index (κ2) is 8.80. The third kappa shape index (κ3) is 4.08. The normalized spacial score (nSPS) is 17.6. The number of ether oxygens (including phenoxy) is 1. The molecule has 1 saturated heterocycles. The molecule has 0 saturated carbocycles. The summed E-state index contributed by atoms with van der Waals surface area (Å²) in [6.45, 7) is 5.56. The van der Waals surface area contributed by atoms with Crippen LogP contribution in [0.15, 0.2) is 23.1 Å². The maximum absolute atomic E-state index is 13.1. The van der Waals surface area contributed by atoms with Gasteiger partial charge in [0.05, 0.1) is 17.6 Å². The van der Waals surface area contributed by atoms with E-state index in [9.17, 15) is 13.2 Å². The van der Waals surface area contributed by atoms with Gasteiger partial charge in [-0.3, -0.25) is 0 Å². The number of hydrogen-bond donors (Lipinski definition) is 1. The number of hydrogen-bond acceptors (Lipinski definition) is 5. The summed E-state index contributed by atoms with van der Waals surface area (Å²) in [4.78, 5) is 12.0. The van der Waals surface area contributed by atoms with Crippen LogP contribution >= 0.6 is 12.4 Å². The lowest BCUT2D eigenvalue weighted by atomic mass is 10.1. The lowest BCUT2D eigenvalue weighted by Gasteiger charge is -2.28. The molecule has 1 heterocycles. The molecular weight excluding hydrogens is 352 g/mol. The van der Waals surface area contributed by atoms with Crippen LogP contribution in [0.2, 0.25) is 0 Å². The highest BCUT2D eigenvalue weighted by atomic mass is 35.5. The summed E-state index contributed by atoms with van der Waals surface area (Å²) in [5.74, 6) is -0.524. The first-order chi connectivity index (χ1) is 10.9. The Morgan fingerprint density at radius 2 is 2.12 bits per heavy atom. The molecule has 2 rings (SSSR count). The molecule has 1 aromatic rings. The zero-order valence-electron chi connectivity index (χ0n) is 14.2. The number of halogens is 1. The molecule has 8 heteroatoms. The van der Waals surface area contributed by atoms with Gasteiger partial charge >= 0.3 is 5.97 Å². The molecule has 136 valence electrons. The molecule has 0 bridgehead atoms. The Balaban J connectivity index is 0.00000288. The van der Waals surface area contributed by atoms with Crippen molar-refractivity contribution in [1.82, 2.24) is 9.62 Å². The Hall–Kier alpha value is -1.15. The SMILES string of the molecule is CCCN(C1CCNC1)S(=O)(=O)c1cccc(C(=O)OC)c1C.Cl. The summed E-state index contributed by atoms with van der Waals surface area (Å²) in [6.07, 6.45) is 1.54. The van der Waals surface area contributed by atoms with Crippen LogP contribution < -0.4 is 5.32 Å². The van der Waals surface area contributed by atoms with Gasteiger partial charge in [-0.1, -0.05) is 13.0 Å². The van der Waals surface area contributed by atoms with Gasteiger partial charge in [0.1, 0.15) is 0 Å². The van der Waals surface area contributed by atoms with Crippen molar-refractivity contribution < 1.29 is 17.9 Å². The predicted molar refractivity (Wildman–Crippen MR) is 95.2 cm³/mol. The van der Waals surface area contributed by atoms with Crippen LogP contribution in [0.5, 0.6) is 0 Å². The number of rotatable bonds is 6. The van der Waals surface area contributed by atoms with Gasteiger partial charge in [0.2, 0.25) is 10.0 Å². The lowest BCUT2D eigenvalue weighted by Crippen LogP contribution is -2.42. The second-order valence-corrected chi connectivity index (χ2v) is 7.54. The largest absolute Gasteiger partial charge is 0.465 e. The number of benzene rings is 1. The minimum Gasteiger partial charge on any atom is -0.465 e. The van der Waals surface area contributed by atoms with Crippen LogP contribution in [0, 0.1) is 6.92 Å². The number of carbonyl (C=O) groups excluding carboxylic acids is 1. The molecule has 1 atom stereocenters. The van der Waals surface area contributed by atoms with Gasteiger partial charge in [-0.25, -0.2) is 13.2 Å². The first-order valence-electron chi connectivity index (χ1n) is 7.84. The summed E-state index contributed by atoms with van der Waals surface area (Å²) < 4.78 is 32.6. The van der Waals surface area contributed by atoms with Crippen molar-refractivity contribution in [2.45, 2.75) is 37.6 Å². The average molecular weight is 377 g/mol. The highest BCUT2D eigenvalue weighted by Gasteiger charge is 2.34. The summed E-state index contributed by atoms with van der Waals surface area (Å²) in [6, 6.07) is 4.69. The molecule has 0 aromatic heterocycles. The van der Waals surface area contributed by atoms with Crippen molar-refractivity contribution in [3.8, 4) is 0 Å². The second-order valence-electron chi connectivity index (χ2n) is 5.68. The minimum absolute atomic E-state index is 0. The molecular formula is C16H25ClN2O4S. The van der Waals surface area contributed by atoms with E-state index in [2.05, 4.69) is 5.32 Å². The van der Waals surface area contributed by atoms with Gasteiger partial charge in [-0.05, 0) is 44.0 Å². The lowest BCUT2D eigenvalue weighted by molar-refractivity contribution is 0.0599. The standard InChI is InChI=1S/C16H24N2O4S.ClH/c1-4-10-18(13-8-9-17-11-13)23(20,21)15-7-5-6-14(12(15)2)16(19)22-3;/h5-7,13,17H,4,8-11H2,1-3H3;1H. The molecule has 1 N–H and O–H groups in total. The maximum Gasteiger partial charge on any atom is 0.338 e. The summed E-state index contributed by atoms with van der Waals surface area (Å²) in [5, 5.41) is 3.21. The number of esters is 1. The molecule has 0 spiro atoms. The third-order valence-electron chi connectivity index (χ3n) is 4.16. The highest BCUT2D eigenvalue weighted by Crippen LogP contribution is 2.26.